The highest BCUT2D eigenvalue weighted by Crippen LogP contribution is 2.18. The van der Waals surface area contributed by atoms with Crippen LogP contribution in [-0.2, 0) is 11.3 Å². The minimum absolute atomic E-state index is 0.0366. The van der Waals surface area contributed by atoms with Crippen molar-refractivity contribution in [3.8, 4) is 0 Å². The van der Waals surface area contributed by atoms with Gasteiger partial charge in [0.2, 0.25) is 5.91 Å². The summed E-state index contributed by atoms with van der Waals surface area (Å²) in [5.41, 5.74) is 3.25. The van der Waals surface area contributed by atoms with Crippen molar-refractivity contribution in [1.82, 2.24) is 10.2 Å². The molecule has 0 radical (unpaired) electrons. The van der Waals surface area contributed by atoms with Crippen molar-refractivity contribution in [1.29, 1.82) is 0 Å². The fourth-order valence-corrected chi connectivity index (χ4v) is 2.71. The quantitative estimate of drug-likeness (QED) is 0.813. The lowest BCUT2D eigenvalue weighted by Gasteiger charge is -2.12. The Kier molecular flexibility index (Phi) is 5.02. The fraction of sp³-hybridized carbons (Fsp3) is 0.250. The number of amides is 4. The Morgan fingerprint density at radius 1 is 1.08 bits per heavy atom. The van der Waals surface area contributed by atoms with Crippen molar-refractivity contribution in [2.24, 2.45) is 0 Å². The van der Waals surface area contributed by atoms with Crippen LogP contribution >= 0.6 is 0 Å². The lowest BCUT2D eigenvalue weighted by Crippen LogP contribution is -2.30. The van der Waals surface area contributed by atoms with E-state index < -0.39 is 0 Å². The highest BCUT2D eigenvalue weighted by molar-refractivity contribution is 6.04. The minimum atomic E-state index is -0.387. The number of nitrogens with one attached hydrogen (secondary N) is 2. The van der Waals surface area contributed by atoms with Crippen LogP contribution in [-0.4, -0.2) is 29.3 Å². The first-order chi connectivity index (χ1) is 12.4. The van der Waals surface area contributed by atoms with Crippen molar-refractivity contribution >= 4 is 23.5 Å². The molecule has 0 spiro atoms. The highest BCUT2D eigenvalue weighted by Gasteiger charge is 2.28. The number of nitrogens with zero attached hydrogens (tertiary/aromatic N) is 1. The predicted octanol–water partition coefficient (Wildman–Crippen LogP) is 3.11. The van der Waals surface area contributed by atoms with Gasteiger partial charge in [-0.2, -0.15) is 0 Å². The number of hydrogen-bond donors (Lipinski definition) is 2. The lowest BCUT2D eigenvalue weighted by molar-refractivity contribution is -0.125. The standard InChI is InChI=1S/C20H21N3O3/c1-13(2)15-7-9-17(10-8-15)22-19(25)16-5-3-14(4-6-16)12-23-18(24)11-21-20(23)26/h3-10,13H,11-12H2,1-2H3,(H,21,26)(H,22,25). The molecule has 1 saturated heterocycles. The van der Waals surface area contributed by atoms with E-state index in [2.05, 4.69) is 24.5 Å². The molecule has 6 heteroatoms. The van der Waals surface area contributed by atoms with Gasteiger partial charge in [-0.25, -0.2) is 4.79 Å². The van der Waals surface area contributed by atoms with Crippen LogP contribution in [0.1, 0.15) is 41.3 Å². The van der Waals surface area contributed by atoms with Crippen LogP contribution in [0.3, 0.4) is 0 Å². The maximum Gasteiger partial charge on any atom is 0.324 e. The Balaban J connectivity index is 1.63. The van der Waals surface area contributed by atoms with E-state index in [4.69, 9.17) is 0 Å². The number of rotatable bonds is 5. The molecule has 6 nitrogen and oxygen atoms in total. The van der Waals surface area contributed by atoms with E-state index >= 15 is 0 Å². The molecule has 1 aliphatic rings. The van der Waals surface area contributed by atoms with Crippen molar-refractivity contribution < 1.29 is 14.4 Å². The van der Waals surface area contributed by atoms with E-state index in [0.717, 1.165) is 16.2 Å². The predicted molar refractivity (Wildman–Crippen MR) is 98.9 cm³/mol. The summed E-state index contributed by atoms with van der Waals surface area (Å²) in [6.07, 6.45) is 0. The van der Waals surface area contributed by atoms with Gasteiger partial charge in [-0.1, -0.05) is 38.1 Å². The lowest BCUT2D eigenvalue weighted by atomic mass is 10.0. The summed E-state index contributed by atoms with van der Waals surface area (Å²) in [5.74, 6) is -0.0117. The maximum atomic E-state index is 12.4. The molecular weight excluding hydrogens is 330 g/mol. The van der Waals surface area contributed by atoms with Crippen LogP contribution in [0.25, 0.3) is 0 Å². The third-order valence-electron chi connectivity index (χ3n) is 4.33. The Morgan fingerprint density at radius 2 is 1.73 bits per heavy atom. The molecule has 0 saturated carbocycles. The topological polar surface area (TPSA) is 78.5 Å². The van der Waals surface area contributed by atoms with E-state index in [1.54, 1.807) is 24.3 Å². The molecule has 0 bridgehead atoms. The Morgan fingerprint density at radius 3 is 2.27 bits per heavy atom. The largest absolute Gasteiger partial charge is 0.329 e. The van der Waals surface area contributed by atoms with Gasteiger partial charge in [-0.15, -0.1) is 0 Å². The monoisotopic (exact) mass is 351 g/mol. The van der Waals surface area contributed by atoms with Gasteiger partial charge in [0, 0.05) is 11.3 Å². The second-order valence-electron chi connectivity index (χ2n) is 6.57. The molecule has 3 rings (SSSR count). The summed E-state index contributed by atoms with van der Waals surface area (Å²) >= 11 is 0. The van der Waals surface area contributed by atoms with E-state index in [-0.39, 0.29) is 30.9 Å². The first-order valence-electron chi connectivity index (χ1n) is 8.52. The molecule has 2 aromatic carbocycles. The summed E-state index contributed by atoms with van der Waals surface area (Å²) in [7, 11) is 0. The van der Waals surface area contributed by atoms with Gasteiger partial charge < -0.3 is 10.6 Å². The van der Waals surface area contributed by atoms with Crippen LogP contribution in [0.2, 0.25) is 0 Å². The first-order valence-corrected chi connectivity index (χ1v) is 8.52. The molecule has 2 aromatic rings. The minimum Gasteiger partial charge on any atom is -0.329 e. The number of anilines is 1. The summed E-state index contributed by atoms with van der Waals surface area (Å²) in [6.45, 7) is 4.47. The second-order valence-corrected chi connectivity index (χ2v) is 6.57. The molecule has 1 heterocycles. The van der Waals surface area contributed by atoms with Crippen molar-refractivity contribution in [3.63, 3.8) is 0 Å². The molecule has 134 valence electrons. The average molecular weight is 351 g/mol. The molecule has 0 aliphatic carbocycles. The summed E-state index contributed by atoms with van der Waals surface area (Å²) in [5, 5.41) is 5.34. The summed E-state index contributed by atoms with van der Waals surface area (Å²) < 4.78 is 0. The van der Waals surface area contributed by atoms with Crippen LogP contribution in [0.15, 0.2) is 48.5 Å². The van der Waals surface area contributed by atoms with Gasteiger partial charge in [-0.05, 0) is 41.3 Å². The van der Waals surface area contributed by atoms with E-state index in [1.807, 2.05) is 24.3 Å². The molecular formula is C20H21N3O3. The molecule has 0 unspecified atom stereocenters. The van der Waals surface area contributed by atoms with Crippen molar-refractivity contribution in [2.45, 2.75) is 26.3 Å². The van der Waals surface area contributed by atoms with Gasteiger partial charge in [0.05, 0.1) is 13.1 Å². The van der Waals surface area contributed by atoms with Gasteiger partial charge >= 0.3 is 6.03 Å². The third kappa shape index (κ3) is 3.91. The normalized spacial score (nSPS) is 13.9. The number of benzene rings is 2. The Hall–Kier alpha value is -3.15. The number of hydrogen-bond acceptors (Lipinski definition) is 3. The third-order valence-corrected chi connectivity index (χ3v) is 4.33. The van der Waals surface area contributed by atoms with Gasteiger partial charge in [0.1, 0.15) is 0 Å². The molecule has 0 aromatic heterocycles. The SMILES string of the molecule is CC(C)c1ccc(NC(=O)c2ccc(CN3C(=O)CNC3=O)cc2)cc1. The number of carbonyl (C=O) groups excluding carboxylic acids is 3. The number of imide groups is 1. The molecule has 4 amide bonds. The first kappa shape index (κ1) is 17.7. The highest BCUT2D eigenvalue weighted by atomic mass is 16.2. The van der Waals surface area contributed by atoms with Gasteiger partial charge in [-0.3, -0.25) is 14.5 Å². The molecule has 0 atom stereocenters. The second kappa shape index (κ2) is 7.39. The van der Waals surface area contributed by atoms with Crippen LogP contribution in [0, 0.1) is 0 Å². The number of urea groups is 1. The van der Waals surface area contributed by atoms with Gasteiger partial charge in [0.15, 0.2) is 0 Å². The van der Waals surface area contributed by atoms with Crippen molar-refractivity contribution in [2.75, 3.05) is 11.9 Å². The van der Waals surface area contributed by atoms with Crippen LogP contribution < -0.4 is 10.6 Å². The summed E-state index contributed by atoms with van der Waals surface area (Å²) in [4.78, 5) is 36.7. The zero-order chi connectivity index (χ0) is 18.7. The van der Waals surface area contributed by atoms with Crippen LogP contribution in [0.4, 0.5) is 10.5 Å². The van der Waals surface area contributed by atoms with E-state index in [9.17, 15) is 14.4 Å². The average Bonchev–Trinajstić information content (AvgIpc) is 2.94. The maximum absolute atomic E-state index is 12.4. The zero-order valence-electron chi connectivity index (χ0n) is 14.8. The van der Waals surface area contributed by atoms with Crippen molar-refractivity contribution in [3.05, 3.63) is 65.2 Å². The molecule has 26 heavy (non-hydrogen) atoms. The molecule has 1 fully saturated rings. The smallest absolute Gasteiger partial charge is 0.324 e. The Bertz CT molecular complexity index is 810. The summed E-state index contributed by atoms with van der Waals surface area (Å²) in [6, 6.07) is 14.3. The van der Waals surface area contributed by atoms with Gasteiger partial charge in [0.25, 0.3) is 5.91 Å². The zero-order valence-corrected chi connectivity index (χ0v) is 14.8. The number of carbonyl (C=O) groups is 3. The Labute approximate surface area is 152 Å². The molecule has 1 aliphatic heterocycles. The molecule has 2 N–H and O–H groups in total. The van der Waals surface area contributed by atoms with E-state index in [1.165, 1.54) is 5.56 Å². The fourth-order valence-electron chi connectivity index (χ4n) is 2.71. The van der Waals surface area contributed by atoms with Crippen LogP contribution in [0.5, 0.6) is 0 Å². The van der Waals surface area contributed by atoms with E-state index in [0.29, 0.717) is 11.5 Å².